The van der Waals surface area contributed by atoms with Crippen LogP contribution in [0.2, 0.25) is 0 Å². The molecule has 7 heteroatoms. The molecule has 0 fully saturated rings. The summed E-state index contributed by atoms with van der Waals surface area (Å²) >= 11 is 0. The van der Waals surface area contributed by atoms with Crippen LogP contribution in [0.3, 0.4) is 0 Å². The highest BCUT2D eigenvalue weighted by atomic mass is 32.2. The lowest BCUT2D eigenvalue weighted by Gasteiger charge is -2.11. The van der Waals surface area contributed by atoms with Crippen LogP contribution < -0.4 is 0 Å². The molecule has 3 rings (SSSR count). The third kappa shape index (κ3) is 3.58. The molecule has 6 nitrogen and oxygen atoms in total. The number of sulfonamides is 1. The van der Waals surface area contributed by atoms with Crippen molar-refractivity contribution in [3.05, 3.63) is 70.9 Å². The van der Waals surface area contributed by atoms with Crippen molar-refractivity contribution < 1.29 is 17.9 Å². The Morgan fingerprint density at radius 2 is 1.77 bits per heavy atom. The van der Waals surface area contributed by atoms with E-state index in [1.54, 1.807) is 18.2 Å². The summed E-state index contributed by atoms with van der Waals surface area (Å²) in [7, 11) is -0.674. The maximum Gasteiger partial charge on any atom is 0.363 e. The minimum atomic E-state index is -3.59. The predicted octanol–water partition coefficient (Wildman–Crippen LogP) is 2.59. The van der Waals surface area contributed by atoms with E-state index in [0.717, 1.165) is 15.4 Å². The summed E-state index contributed by atoms with van der Waals surface area (Å²) in [6, 6.07) is 13.8. The van der Waals surface area contributed by atoms with Crippen LogP contribution in [0, 0.1) is 6.92 Å². The van der Waals surface area contributed by atoms with E-state index in [1.165, 1.54) is 26.2 Å². The molecule has 0 saturated carbocycles. The Hall–Kier alpha value is -2.77. The summed E-state index contributed by atoms with van der Waals surface area (Å²) in [6.07, 6.45) is 1.63. The van der Waals surface area contributed by atoms with Crippen molar-refractivity contribution in [3.63, 3.8) is 0 Å². The molecular formula is C19H18N2O4S. The van der Waals surface area contributed by atoms with Crippen LogP contribution in [-0.2, 0) is 19.6 Å². The quantitative estimate of drug-likeness (QED) is 0.612. The second-order valence-electron chi connectivity index (χ2n) is 6.06. The normalized spacial score (nSPS) is 16.1. The van der Waals surface area contributed by atoms with Gasteiger partial charge in [0, 0.05) is 19.7 Å². The van der Waals surface area contributed by atoms with Gasteiger partial charge in [-0.1, -0.05) is 35.9 Å². The minimum absolute atomic E-state index is 0.0872. The van der Waals surface area contributed by atoms with Crippen LogP contribution in [0.1, 0.15) is 16.7 Å². The number of rotatable bonds is 4. The number of nitrogens with zero attached hydrogens (tertiary/aromatic N) is 2. The molecule has 0 atom stereocenters. The van der Waals surface area contributed by atoms with Gasteiger partial charge in [-0.05, 0) is 36.8 Å². The Morgan fingerprint density at radius 3 is 2.42 bits per heavy atom. The number of aryl methyl sites for hydroxylation is 1. The molecule has 0 unspecified atom stereocenters. The second kappa shape index (κ2) is 6.86. The van der Waals surface area contributed by atoms with E-state index < -0.39 is 16.0 Å². The molecule has 2 aromatic carbocycles. The van der Waals surface area contributed by atoms with E-state index in [0.29, 0.717) is 5.56 Å². The zero-order valence-corrected chi connectivity index (χ0v) is 15.4. The molecule has 0 amide bonds. The predicted molar refractivity (Wildman–Crippen MR) is 99.1 cm³/mol. The number of benzene rings is 2. The number of ether oxygens (including phenoxy) is 1. The van der Waals surface area contributed by atoms with Crippen LogP contribution in [0.5, 0.6) is 0 Å². The Labute approximate surface area is 152 Å². The van der Waals surface area contributed by atoms with Crippen molar-refractivity contribution in [1.82, 2.24) is 4.31 Å². The number of hydrogen-bond donors (Lipinski definition) is 0. The molecule has 0 aliphatic carbocycles. The van der Waals surface area contributed by atoms with E-state index >= 15 is 0 Å². The van der Waals surface area contributed by atoms with Crippen LogP contribution in [-0.4, -0.2) is 38.7 Å². The highest BCUT2D eigenvalue weighted by Crippen LogP contribution is 2.22. The molecule has 0 bridgehead atoms. The maximum atomic E-state index is 12.3. The monoisotopic (exact) mass is 370 g/mol. The summed E-state index contributed by atoms with van der Waals surface area (Å²) in [5, 5.41) is 0. The van der Waals surface area contributed by atoms with E-state index in [9.17, 15) is 13.2 Å². The average Bonchev–Trinajstić information content (AvgIpc) is 2.97. The van der Waals surface area contributed by atoms with Gasteiger partial charge in [-0.3, -0.25) is 0 Å². The lowest BCUT2D eigenvalue weighted by atomic mass is 10.1. The number of carbonyl (C=O) groups excluding carboxylic acids is 1. The zero-order valence-electron chi connectivity index (χ0n) is 14.6. The molecule has 0 spiro atoms. The summed E-state index contributed by atoms with van der Waals surface area (Å²) in [4.78, 5) is 16.4. The van der Waals surface area contributed by atoms with Gasteiger partial charge < -0.3 is 4.74 Å². The highest BCUT2D eigenvalue weighted by molar-refractivity contribution is 7.89. The maximum absolute atomic E-state index is 12.3. The van der Waals surface area contributed by atoms with Crippen molar-refractivity contribution >= 4 is 28.0 Å². The smallest absolute Gasteiger partial charge is 0.363 e. The fourth-order valence-corrected chi connectivity index (χ4v) is 3.30. The van der Waals surface area contributed by atoms with Gasteiger partial charge >= 0.3 is 5.97 Å². The fourth-order valence-electron chi connectivity index (χ4n) is 2.35. The van der Waals surface area contributed by atoms with Gasteiger partial charge in [0.1, 0.15) is 0 Å². The summed E-state index contributed by atoms with van der Waals surface area (Å²) in [5.74, 6) is -0.481. The largest absolute Gasteiger partial charge is 0.402 e. The first-order valence-corrected chi connectivity index (χ1v) is 9.33. The Bertz CT molecular complexity index is 1020. The fraction of sp³-hybridized carbons (Fsp3) is 0.158. The third-order valence-corrected chi connectivity index (χ3v) is 5.67. The Kier molecular flexibility index (Phi) is 4.76. The molecule has 0 saturated heterocycles. The molecule has 1 aliphatic rings. The SMILES string of the molecule is Cc1ccc(/C=C2\N=C(c3cccc(S(=O)(=O)N(C)C)c3)OC2=O)cc1. The van der Waals surface area contributed by atoms with Crippen LogP contribution in [0.4, 0.5) is 0 Å². The summed E-state index contributed by atoms with van der Waals surface area (Å²) < 4.78 is 30.9. The topological polar surface area (TPSA) is 76.0 Å². The lowest BCUT2D eigenvalue weighted by molar-refractivity contribution is -0.129. The Morgan fingerprint density at radius 1 is 1.08 bits per heavy atom. The average molecular weight is 370 g/mol. The van der Waals surface area contributed by atoms with E-state index in [-0.39, 0.29) is 16.5 Å². The van der Waals surface area contributed by atoms with Crippen LogP contribution in [0.25, 0.3) is 6.08 Å². The van der Waals surface area contributed by atoms with Crippen LogP contribution >= 0.6 is 0 Å². The molecule has 1 aliphatic heterocycles. The zero-order chi connectivity index (χ0) is 18.9. The number of cyclic esters (lactones) is 1. The molecule has 134 valence electrons. The van der Waals surface area contributed by atoms with Gasteiger partial charge in [0.2, 0.25) is 15.9 Å². The highest BCUT2D eigenvalue weighted by Gasteiger charge is 2.25. The molecule has 2 aromatic rings. The van der Waals surface area contributed by atoms with Gasteiger partial charge in [-0.15, -0.1) is 0 Å². The molecule has 0 aromatic heterocycles. The summed E-state index contributed by atoms with van der Waals surface area (Å²) in [6.45, 7) is 1.98. The van der Waals surface area contributed by atoms with Gasteiger partial charge in [0.05, 0.1) is 4.90 Å². The van der Waals surface area contributed by atoms with Crippen LogP contribution in [0.15, 0.2) is 64.1 Å². The molecule has 0 N–H and O–H groups in total. The first kappa shape index (κ1) is 18.0. The first-order valence-electron chi connectivity index (χ1n) is 7.89. The van der Waals surface area contributed by atoms with Crippen molar-refractivity contribution in [2.45, 2.75) is 11.8 Å². The van der Waals surface area contributed by atoms with Gasteiger partial charge in [-0.25, -0.2) is 22.5 Å². The summed E-state index contributed by atoms with van der Waals surface area (Å²) in [5.41, 5.74) is 2.54. The standard InChI is InChI=1S/C19H18N2O4S/c1-13-7-9-14(10-8-13)11-17-19(22)25-18(20-17)15-5-4-6-16(12-15)26(23,24)21(2)3/h4-12H,1-3H3/b17-11-. The number of aliphatic imine (C=N–C) groups is 1. The van der Waals surface area contributed by atoms with Gasteiger partial charge in [0.25, 0.3) is 0 Å². The van der Waals surface area contributed by atoms with E-state index in [1.807, 2.05) is 31.2 Å². The van der Waals surface area contributed by atoms with Gasteiger partial charge in [0.15, 0.2) is 5.70 Å². The molecular weight excluding hydrogens is 352 g/mol. The van der Waals surface area contributed by atoms with Crippen molar-refractivity contribution in [3.8, 4) is 0 Å². The third-order valence-electron chi connectivity index (χ3n) is 3.86. The lowest BCUT2D eigenvalue weighted by Crippen LogP contribution is -2.22. The van der Waals surface area contributed by atoms with Crippen molar-refractivity contribution in [1.29, 1.82) is 0 Å². The minimum Gasteiger partial charge on any atom is -0.402 e. The Balaban J connectivity index is 1.96. The first-order chi connectivity index (χ1) is 12.3. The molecule has 26 heavy (non-hydrogen) atoms. The molecule has 1 heterocycles. The number of hydrogen-bond acceptors (Lipinski definition) is 5. The number of carbonyl (C=O) groups is 1. The van der Waals surface area contributed by atoms with Crippen molar-refractivity contribution in [2.24, 2.45) is 4.99 Å². The second-order valence-corrected chi connectivity index (χ2v) is 8.21. The molecule has 0 radical (unpaired) electrons. The van der Waals surface area contributed by atoms with Gasteiger partial charge in [-0.2, -0.15) is 0 Å². The van der Waals surface area contributed by atoms with E-state index in [2.05, 4.69) is 4.99 Å². The number of esters is 1. The van der Waals surface area contributed by atoms with E-state index in [4.69, 9.17) is 4.74 Å². The van der Waals surface area contributed by atoms with Crippen molar-refractivity contribution in [2.75, 3.05) is 14.1 Å².